The van der Waals surface area contributed by atoms with Crippen molar-refractivity contribution in [3.63, 3.8) is 0 Å². The molecule has 3 rings (SSSR count). The first-order valence-corrected chi connectivity index (χ1v) is 8.65. The number of allylic oxidation sites excluding steroid dienone is 2. The lowest BCUT2D eigenvalue weighted by Gasteiger charge is -2.46. The molecule has 0 spiro atoms. The number of nitriles is 3. The van der Waals surface area contributed by atoms with Crippen LogP contribution < -0.4 is 0 Å². The molecule has 5 heteroatoms. The minimum absolute atomic E-state index is 0.0597. The van der Waals surface area contributed by atoms with Gasteiger partial charge in [-0.1, -0.05) is 40.2 Å². The minimum Gasteiger partial charge on any atom is -0.305 e. The van der Waals surface area contributed by atoms with Gasteiger partial charge in [-0.2, -0.15) is 15.8 Å². The number of benzene rings is 1. The average molecular weight is 379 g/mol. The van der Waals surface area contributed by atoms with Crippen molar-refractivity contribution < 1.29 is 0 Å². The van der Waals surface area contributed by atoms with E-state index < -0.39 is 17.3 Å². The van der Waals surface area contributed by atoms with E-state index >= 15 is 0 Å². The molecule has 1 aromatic rings. The van der Waals surface area contributed by atoms with Gasteiger partial charge in [-0.15, -0.1) is 0 Å². The van der Waals surface area contributed by atoms with Crippen molar-refractivity contribution in [2.24, 2.45) is 17.3 Å². The molecule has 0 saturated heterocycles. The predicted molar refractivity (Wildman–Crippen MR) is 92.8 cm³/mol. The fraction of sp³-hybridized carbons (Fsp3) is 0.368. The maximum absolute atomic E-state index is 9.88. The molecule has 3 atom stereocenters. The summed E-state index contributed by atoms with van der Waals surface area (Å²) in [4.78, 5) is 0. The van der Waals surface area contributed by atoms with Gasteiger partial charge in [0.25, 0.3) is 0 Å². The molecular formula is C19H15BrN4. The van der Waals surface area contributed by atoms with Gasteiger partial charge >= 0.3 is 0 Å². The number of nitrogens with one attached hydrogen (secondary N) is 1. The third-order valence-corrected chi connectivity index (χ3v) is 5.89. The highest BCUT2D eigenvalue weighted by atomic mass is 79.9. The van der Waals surface area contributed by atoms with Crippen LogP contribution >= 0.6 is 15.9 Å². The SMILES string of the molecule is N#C[C@@H]1C(=N)C(C#N)(C#N)[C@H](c2ccccc2Br)[C@H]2CCCC=C12. The normalized spacial score (nSPS) is 27.8. The molecular weight excluding hydrogens is 364 g/mol. The highest BCUT2D eigenvalue weighted by Crippen LogP contribution is 2.56. The Morgan fingerprint density at radius 1 is 1.17 bits per heavy atom. The quantitative estimate of drug-likeness (QED) is 0.730. The number of rotatable bonds is 1. The van der Waals surface area contributed by atoms with Crippen LogP contribution in [0, 0.1) is 56.7 Å². The molecule has 2 aliphatic rings. The van der Waals surface area contributed by atoms with E-state index in [0.29, 0.717) is 0 Å². The fourth-order valence-corrected chi connectivity index (χ4v) is 4.61. The van der Waals surface area contributed by atoms with E-state index in [1.807, 2.05) is 30.3 Å². The molecule has 2 aliphatic carbocycles. The van der Waals surface area contributed by atoms with Crippen LogP contribution in [0.3, 0.4) is 0 Å². The molecule has 0 amide bonds. The summed E-state index contributed by atoms with van der Waals surface area (Å²) in [5.41, 5.74) is 0.0826. The first kappa shape index (κ1) is 16.4. The number of fused-ring (bicyclic) bond motifs is 1. The lowest BCUT2D eigenvalue weighted by Crippen LogP contribution is -2.48. The summed E-state index contributed by atoms with van der Waals surface area (Å²) < 4.78 is 0.831. The van der Waals surface area contributed by atoms with Gasteiger partial charge in [0.2, 0.25) is 0 Å². The Bertz CT molecular complexity index is 835. The zero-order valence-corrected chi connectivity index (χ0v) is 14.5. The summed E-state index contributed by atoms with van der Waals surface area (Å²) in [6.07, 6.45) is 4.72. The molecule has 0 radical (unpaired) electrons. The summed E-state index contributed by atoms with van der Waals surface area (Å²) in [7, 11) is 0. The lowest BCUT2D eigenvalue weighted by molar-refractivity contribution is 0.319. The number of nitrogens with zero attached hydrogens (tertiary/aromatic N) is 3. The first-order chi connectivity index (χ1) is 11.6. The number of halogens is 1. The van der Waals surface area contributed by atoms with Crippen LogP contribution in [0.1, 0.15) is 30.7 Å². The highest BCUT2D eigenvalue weighted by Gasteiger charge is 2.57. The number of hydrogen-bond acceptors (Lipinski definition) is 4. The van der Waals surface area contributed by atoms with E-state index in [2.05, 4.69) is 34.1 Å². The second-order valence-electron chi connectivity index (χ2n) is 6.25. The number of hydrogen-bond donors (Lipinski definition) is 1. The zero-order chi connectivity index (χ0) is 17.3. The predicted octanol–water partition coefficient (Wildman–Crippen LogP) is 4.47. The van der Waals surface area contributed by atoms with Crippen molar-refractivity contribution in [1.82, 2.24) is 0 Å². The van der Waals surface area contributed by atoms with Crippen molar-refractivity contribution >= 4 is 21.6 Å². The Morgan fingerprint density at radius 3 is 2.50 bits per heavy atom. The Labute approximate surface area is 149 Å². The molecule has 4 nitrogen and oxygen atoms in total. The van der Waals surface area contributed by atoms with Crippen molar-refractivity contribution in [2.45, 2.75) is 25.2 Å². The first-order valence-electron chi connectivity index (χ1n) is 7.86. The third-order valence-electron chi connectivity index (χ3n) is 5.17. The Kier molecular flexibility index (Phi) is 4.27. The molecule has 0 aromatic heterocycles. The monoisotopic (exact) mass is 378 g/mol. The van der Waals surface area contributed by atoms with Crippen LogP contribution in [-0.4, -0.2) is 5.71 Å². The van der Waals surface area contributed by atoms with Gasteiger partial charge < -0.3 is 5.41 Å². The summed E-state index contributed by atoms with van der Waals surface area (Å²) in [6, 6.07) is 13.9. The average Bonchev–Trinajstić information content (AvgIpc) is 2.62. The van der Waals surface area contributed by atoms with Crippen LogP contribution in [0.2, 0.25) is 0 Å². The smallest absolute Gasteiger partial charge is 0.189 e. The summed E-state index contributed by atoms with van der Waals surface area (Å²) >= 11 is 3.54. The second-order valence-corrected chi connectivity index (χ2v) is 7.10. The van der Waals surface area contributed by atoms with Crippen molar-refractivity contribution in [1.29, 1.82) is 21.2 Å². The largest absolute Gasteiger partial charge is 0.305 e. The van der Waals surface area contributed by atoms with E-state index in [0.717, 1.165) is 34.9 Å². The van der Waals surface area contributed by atoms with Gasteiger partial charge in [0.1, 0.15) is 5.92 Å². The van der Waals surface area contributed by atoms with Crippen LogP contribution in [0.15, 0.2) is 40.4 Å². The zero-order valence-electron chi connectivity index (χ0n) is 13.0. The third kappa shape index (κ3) is 2.19. The molecule has 0 unspecified atom stereocenters. The molecule has 0 heterocycles. The van der Waals surface area contributed by atoms with Gasteiger partial charge in [0.05, 0.1) is 23.9 Å². The molecule has 1 fully saturated rings. The summed E-state index contributed by atoms with van der Waals surface area (Å²) in [5, 5.41) is 37.8. The van der Waals surface area contributed by atoms with Crippen molar-refractivity contribution in [3.8, 4) is 18.2 Å². The Morgan fingerprint density at radius 2 is 1.88 bits per heavy atom. The maximum atomic E-state index is 9.88. The molecule has 0 aliphatic heterocycles. The van der Waals surface area contributed by atoms with Gasteiger partial charge in [-0.05, 0) is 42.4 Å². The maximum Gasteiger partial charge on any atom is 0.189 e. The summed E-state index contributed by atoms with van der Waals surface area (Å²) in [6.45, 7) is 0. The van der Waals surface area contributed by atoms with E-state index in [1.54, 1.807) is 0 Å². The highest BCUT2D eigenvalue weighted by molar-refractivity contribution is 9.10. The summed E-state index contributed by atoms with van der Waals surface area (Å²) in [5.74, 6) is -1.27. The second kappa shape index (κ2) is 6.23. The Balaban J connectivity index is 2.29. The molecule has 118 valence electrons. The van der Waals surface area contributed by atoms with E-state index in [-0.39, 0.29) is 11.6 Å². The molecule has 1 N–H and O–H groups in total. The van der Waals surface area contributed by atoms with Crippen LogP contribution in [0.5, 0.6) is 0 Å². The van der Waals surface area contributed by atoms with Gasteiger partial charge in [0, 0.05) is 10.4 Å². The van der Waals surface area contributed by atoms with Crippen LogP contribution in [-0.2, 0) is 0 Å². The standard InChI is InChI=1S/C19H15BrN4/c20-16-8-4-3-7-14(16)17-13-6-2-1-5-12(13)15(9-21)18(24)19(17,10-22)11-23/h3-5,7-8,13,15,17,24H,1-2,6H2/t13-,15-,17-/m0/s1. The van der Waals surface area contributed by atoms with Crippen molar-refractivity contribution in [2.75, 3.05) is 0 Å². The molecule has 1 aromatic carbocycles. The minimum atomic E-state index is -1.61. The fourth-order valence-electron chi connectivity index (χ4n) is 4.08. The van der Waals surface area contributed by atoms with Crippen LogP contribution in [0.4, 0.5) is 0 Å². The lowest BCUT2D eigenvalue weighted by atomic mass is 9.53. The Hall–Kier alpha value is -2.42. The molecule has 0 bridgehead atoms. The topological polar surface area (TPSA) is 95.2 Å². The van der Waals surface area contributed by atoms with Crippen LogP contribution in [0.25, 0.3) is 0 Å². The van der Waals surface area contributed by atoms with E-state index in [9.17, 15) is 15.8 Å². The van der Waals surface area contributed by atoms with Gasteiger partial charge in [-0.25, -0.2) is 0 Å². The van der Waals surface area contributed by atoms with E-state index in [4.69, 9.17) is 5.41 Å². The van der Waals surface area contributed by atoms with Gasteiger partial charge in [-0.3, -0.25) is 0 Å². The van der Waals surface area contributed by atoms with Gasteiger partial charge in [0.15, 0.2) is 5.41 Å². The van der Waals surface area contributed by atoms with Crippen molar-refractivity contribution in [3.05, 3.63) is 46.0 Å². The molecule has 1 saturated carbocycles. The molecule has 24 heavy (non-hydrogen) atoms. The van der Waals surface area contributed by atoms with E-state index in [1.165, 1.54) is 0 Å².